The number of carbonyl (C=O) groups is 1. The van der Waals surface area contributed by atoms with Crippen molar-refractivity contribution in [3.8, 4) is 11.5 Å². The number of carbonyl (C=O) groups excluding carboxylic acids is 1. The summed E-state index contributed by atoms with van der Waals surface area (Å²) in [5.74, 6) is -1.66. The molecule has 24 heavy (non-hydrogen) atoms. The number of rotatable bonds is 2. The maximum absolute atomic E-state index is 12.8. The van der Waals surface area contributed by atoms with Gasteiger partial charge in [0.1, 0.15) is 0 Å². The summed E-state index contributed by atoms with van der Waals surface area (Å²) in [7, 11) is 0. The lowest BCUT2D eigenvalue weighted by Gasteiger charge is -2.39. The molecular weight excluding hydrogens is 323 g/mol. The van der Waals surface area contributed by atoms with E-state index < -0.39 is 30.2 Å². The van der Waals surface area contributed by atoms with Gasteiger partial charge in [0.25, 0.3) is 5.91 Å². The van der Waals surface area contributed by atoms with E-state index in [1.807, 2.05) is 0 Å². The minimum atomic E-state index is -4.18. The number of nitrogens with zero attached hydrogens (tertiary/aromatic N) is 1. The van der Waals surface area contributed by atoms with Crippen molar-refractivity contribution < 1.29 is 28.2 Å². The second-order valence-electron chi connectivity index (χ2n) is 6.88. The number of amides is 1. The van der Waals surface area contributed by atoms with Crippen molar-refractivity contribution in [3.63, 3.8) is 0 Å². The number of piperidine rings is 1. The Morgan fingerprint density at radius 3 is 2.29 bits per heavy atom. The summed E-state index contributed by atoms with van der Waals surface area (Å²) < 4.78 is 37.9. The first kappa shape index (κ1) is 16.9. The Kier molecular flexibility index (Phi) is 4.13. The van der Waals surface area contributed by atoms with Gasteiger partial charge in [-0.15, -0.1) is 0 Å². The Morgan fingerprint density at radius 1 is 1.17 bits per heavy atom. The van der Waals surface area contributed by atoms with E-state index in [0.29, 0.717) is 31.2 Å². The molecular formula is C17H20F3NO3. The van der Waals surface area contributed by atoms with Crippen LogP contribution in [0.15, 0.2) is 12.1 Å². The number of alkyl halides is 3. The third-order valence-corrected chi connectivity index (χ3v) is 5.17. The van der Waals surface area contributed by atoms with Crippen LogP contribution in [0.5, 0.6) is 11.5 Å². The first-order valence-corrected chi connectivity index (χ1v) is 8.08. The zero-order valence-electron chi connectivity index (χ0n) is 13.3. The first-order valence-electron chi connectivity index (χ1n) is 8.08. The van der Waals surface area contributed by atoms with Crippen molar-refractivity contribution in [2.75, 3.05) is 0 Å². The number of fused-ring (bicyclic) bond motifs is 2. The van der Waals surface area contributed by atoms with Crippen molar-refractivity contribution in [1.29, 1.82) is 0 Å². The fourth-order valence-corrected chi connectivity index (χ4v) is 4.11. The topological polar surface area (TPSA) is 60.8 Å². The summed E-state index contributed by atoms with van der Waals surface area (Å²) in [5, 5.41) is 19.8. The largest absolute Gasteiger partial charge is 0.504 e. The fraction of sp³-hybridized carbons (Fsp3) is 0.588. The predicted octanol–water partition coefficient (Wildman–Crippen LogP) is 3.74. The molecule has 1 aromatic carbocycles. The highest BCUT2D eigenvalue weighted by Gasteiger charge is 2.46. The molecule has 7 heteroatoms. The zero-order chi connectivity index (χ0) is 17.6. The minimum Gasteiger partial charge on any atom is -0.504 e. The van der Waals surface area contributed by atoms with Gasteiger partial charge in [-0.1, -0.05) is 6.07 Å². The molecule has 2 aliphatic heterocycles. The second-order valence-corrected chi connectivity index (χ2v) is 6.88. The lowest BCUT2D eigenvalue weighted by molar-refractivity contribution is -0.148. The summed E-state index contributed by atoms with van der Waals surface area (Å²) in [6, 6.07) is 2.53. The Morgan fingerprint density at radius 2 is 1.75 bits per heavy atom. The fourth-order valence-electron chi connectivity index (χ4n) is 4.11. The monoisotopic (exact) mass is 343 g/mol. The molecule has 1 amide bonds. The van der Waals surface area contributed by atoms with Crippen molar-refractivity contribution >= 4 is 5.91 Å². The Hall–Kier alpha value is -1.92. The van der Waals surface area contributed by atoms with Gasteiger partial charge in [-0.25, -0.2) is 0 Å². The Bertz CT molecular complexity index is 645. The molecule has 2 bridgehead atoms. The average Bonchev–Trinajstić information content (AvgIpc) is 2.74. The van der Waals surface area contributed by atoms with Crippen LogP contribution < -0.4 is 0 Å². The summed E-state index contributed by atoms with van der Waals surface area (Å²) in [4.78, 5) is 14.4. The van der Waals surface area contributed by atoms with Gasteiger partial charge in [-0.2, -0.15) is 13.2 Å². The van der Waals surface area contributed by atoms with Crippen LogP contribution in [0, 0.1) is 12.8 Å². The van der Waals surface area contributed by atoms with Gasteiger partial charge in [0.05, 0.1) is 5.56 Å². The third-order valence-electron chi connectivity index (χ3n) is 5.17. The van der Waals surface area contributed by atoms with Crippen LogP contribution in [-0.2, 0) is 0 Å². The highest BCUT2D eigenvalue weighted by atomic mass is 19.4. The highest BCUT2D eigenvalue weighted by Crippen LogP contribution is 2.44. The van der Waals surface area contributed by atoms with Gasteiger partial charge in [0.15, 0.2) is 11.5 Å². The summed E-state index contributed by atoms with van der Waals surface area (Å²) in [6.07, 6.45) is -2.96. The smallest absolute Gasteiger partial charge is 0.389 e. The Balaban J connectivity index is 1.80. The van der Waals surface area contributed by atoms with Gasteiger partial charge < -0.3 is 15.1 Å². The second kappa shape index (κ2) is 5.86. The average molecular weight is 343 g/mol. The molecule has 0 aliphatic carbocycles. The van der Waals surface area contributed by atoms with E-state index in [2.05, 4.69) is 0 Å². The molecule has 2 heterocycles. The standard InChI is InChI=1S/C17H20F3NO3/c1-9-2-5-13(15(23)14(9)22)16(24)21-11-3-4-12(21)7-10(6-11)8-17(18,19)20/h2,5,10-12,22-23H,3-4,6-8H2,1H3. The van der Waals surface area contributed by atoms with Gasteiger partial charge in [-0.05, 0) is 50.2 Å². The van der Waals surface area contributed by atoms with E-state index in [-0.39, 0.29) is 23.4 Å². The number of benzene rings is 1. The summed E-state index contributed by atoms with van der Waals surface area (Å²) in [5.41, 5.74) is 0.458. The molecule has 2 N–H and O–H groups in total. The van der Waals surface area contributed by atoms with Crippen molar-refractivity contribution in [2.24, 2.45) is 5.92 Å². The van der Waals surface area contributed by atoms with E-state index >= 15 is 0 Å². The number of phenolic OH excluding ortho intramolecular Hbond substituents is 2. The Labute approximate surface area is 137 Å². The number of phenols is 2. The molecule has 2 saturated heterocycles. The number of hydrogen-bond acceptors (Lipinski definition) is 3. The molecule has 2 unspecified atom stereocenters. The molecule has 4 nitrogen and oxygen atoms in total. The van der Waals surface area contributed by atoms with E-state index in [4.69, 9.17) is 0 Å². The van der Waals surface area contributed by atoms with Crippen LogP contribution in [-0.4, -0.2) is 39.3 Å². The number of hydrogen-bond donors (Lipinski definition) is 2. The number of aromatic hydroxyl groups is 2. The SMILES string of the molecule is Cc1ccc(C(=O)N2C3CCC2CC(CC(F)(F)F)C3)c(O)c1O. The van der Waals surface area contributed by atoms with Crippen LogP contribution in [0.25, 0.3) is 0 Å². The quantitative estimate of drug-likeness (QED) is 0.804. The summed E-state index contributed by atoms with van der Waals surface area (Å²) in [6.45, 7) is 1.61. The van der Waals surface area contributed by atoms with E-state index in [1.54, 1.807) is 17.9 Å². The summed E-state index contributed by atoms with van der Waals surface area (Å²) >= 11 is 0. The van der Waals surface area contributed by atoms with Crippen LogP contribution in [0.3, 0.4) is 0 Å². The molecule has 1 aromatic rings. The molecule has 0 spiro atoms. The molecule has 132 valence electrons. The van der Waals surface area contributed by atoms with Crippen LogP contribution >= 0.6 is 0 Å². The van der Waals surface area contributed by atoms with E-state index in [1.165, 1.54) is 6.07 Å². The first-order chi connectivity index (χ1) is 11.2. The lowest BCUT2D eigenvalue weighted by atomic mass is 9.87. The molecule has 0 saturated carbocycles. The molecule has 2 aliphatic rings. The van der Waals surface area contributed by atoms with Gasteiger partial charge in [0.2, 0.25) is 0 Å². The molecule has 0 aromatic heterocycles. The third kappa shape index (κ3) is 3.03. The predicted molar refractivity (Wildman–Crippen MR) is 80.9 cm³/mol. The van der Waals surface area contributed by atoms with Gasteiger partial charge in [0, 0.05) is 18.5 Å². The van der Waals surface area contributed by atoms with E-state index in [9.17, 15) is 28.2 Å². The van der Waals surface area contributed by atoms with Crippen LogP contribution in [0.1, 0.15) is 48.0 Å². The van der Waals surface area contributed by atoms with Crippen molar-refractivity contribution in [3.05, 3.63) is 23.3 Å². The van der Waals surface area contributed by atoms with Crippen LogP contribution in [0.4, 0.5) is 13.2 Å². The van der Waals surface area contributed by atoms with Crippen molar-refractivity contribution in [2.45, 2.75) is 57.3 Å². The number of aryl methyl sites for hydroxylation is 1. The molecule has 3 rings (SSSR count). The minimum absolute atomic E-state index is 0.00395. The normalized spacial score (nSPS) is 26.7. The van der Waals surface area contributed by atoms with Gasteiger partial charge in [-0.3, -0.25) is 4.79 Å². The van der Waals surface area contributed by atoms with Gasteiger partial charge >= 0.3 is 6.18 Å². The molecule has 0 radical (unpaired) electrons. The zero-order valence-corrected chi connectivity index (χ0v) is 13.3. The lowest BCUT2D eigenvalue weighted by Crippen LogP contribution is -2.47. The molecule has 2 fully saturated rings. The van der Waals surface area contributed by atoms with E-state index in [0.717, 1.165) is 0 Å². The highest BCUT2D eigenvalue weighted by molar-refractivity contribution is 5.98. The molecule has 2 atom stereocenters. The maximum atomic E-state index is 12.8. The van der Waals surface area contributed by atoms with Crippen LogP contribution in [0.2, 0.25) is 0 Å². The number of halogens is 3. The maximum Gasteiger partial charge on any atom is 0.389 e. The van der Waals surface area contributed by atoms with Crippen molar-refractivity contribution in [1.82, 2.24) is 4.90 Å².